The number of aliphatic imine (C=N–C) groups is 1. The van der Waals surface area contributed by atoms with Crippen molar-refractivity contribution >= 4 is 11.9 Å². The van der Waals surface area contributed by atoms with Crippen LogP contribution in [0.4, 0.5) is 0 Å². The molecule has 18 heavy (non-hydrogen) atoms. The second-order valence-corrected chi connectivity index (χ2v) is 3.87. The number of carbonyl (C=O) groups is 1. The van der Waals surface area contributed by atoms with Crippen LogP contribution in [0.15, 0.2) is 4.99 Å². The number of hydrogen-bond donors (Lipinski definition) is 3. The Morgan fingerprint density at radius 3 is 2.50 bits per heavy atom. The molecule has 0 aliphatic carbocycles. The van der Waals surface area contributed by atoms with Gasteiger partial charge in [-0.05, 0) is 12.8 Å². The van der Waals surface area contributed by atoms with Crippen molar-refractivity contribution in [2.75, 3.05) is 40.4 Å². The molecule has 1 amide bonds. The highest BCUT2D eigenvalue weighted by molar-refractivity contribution is 5.81. The van der Waals surface area contributed by atoms with E-state index >= 15 is 0 Å². The third-order valence-electron chi connectivity index (χ3n) is 2.26. The molecule has 106 valence electrons. The van der Waals surface area contributed by atoms with Gasteiger partial charge in [0.1, 0.15) is 0 Å². The smallest absolute Gasteiger partial charge is 0.221 e. The number of guanidine groups is 1. The predicted octanol–water partition coefficient (Wildman–Crippen LogP) is 0.104. The number of carbonyl (C=O) groups excluding carboxylic acids is 1. The fourth-order valence-corrected chi connectivity index (χ4v) is 1.29. The van der Waals surface area contributed by atoms with Crippen molar-refractivity contribution in [1.82, 2.24) is 16.0 Å². The molecular formula is C12H26N4O2. The van der Waals surface area contributed by atoms with E-state index in [4.69, 9.17) is 4.74 Å². The quantitative estimate of drug-likeness (QED) is 0.312. The van der Waals surface area contributed by atoms with E-state index in [1.54, 1.807) is 14.2 Å². The van der Waals surface area contributed by atoms with Gasteiger partial charge in [-0.1, -0.05) is 6.92 Å². The molecule has 0 heterocycles. The molecule has 6 heteroatoms. The zero-order valence-electron chi connectivity index (χ0n) is 11.7. The molecule has 0 aromatic carbocycles. The molecule has 0 unspecified atom stereocenters. The van der Waals surface area contributed by atoms with Gasteiger partial charge in [0.15, 0.2) is 5.96 Å². The maximum Gasteiger partial charge on any atom is 0.221 e. The van der Waals surface area contributed by atoms with Crippen LogP contribution in [0.3, 0.4) is 0 Å². The zero-order chi connectivity index (χ0) is 13.6. The van der Waals surface area contributed by atoms with Gasteiger partial charge in [-0.3, -0.25) is 9.79 Å². The number of rotatable bonds is 9. The van der Waals surface area contributed by atoms with E-state index in [0.29, 0.717) is 13.0 Å². The van der Waals surface area contributed by atoms with Crippen molar-refractivity contribution in [3.05, 3.63) is 0 Å². The fraction of sp³-hybridized carbons (Fsp3) is 0.833. The van der Waals surface area contributed by atoms with E-state index in [1.807, 2.05) is 6.92 Å². The summed E-state index contributed by atoms with van der Waals surface area (Å²) in [7, 11) is 3.39. The van der Waals surface area contributed by atoms with Gasteiger partial charge >= 0.3 is 0 Å². The fourth-order valence-electron chi connectivity index (χ4n) is 1.29. The van der Waals surface area contributed by atoms with E-state index in [2.05, 4.69) is 20.9 Å². The Balaban J connectivity index is 3.58. The molecule has 0 radical (unpaired) electrons. The van der Waals surface area contributed by atoms with Crippen molar-refractivity contribution in [3.63, 3.8) is 0 Å². The molecular weight excluding hydrogens is 232 g/mol. The lowest BCUT2D eigenvalue weighted by atomic mass is 10.4. The van der Waals surface area contributed by atoms with Crippen LogP contribution in [-0.2, 0) is 9.53 Å². The Morgan fingerprint density at radius 1 is 1.17 bits per heavy atom. The predicted molar refractivity (Wildman–Crippen MR) is 73.8 cm³/mol. The molecule has 6 nitrogen and oxygen atoms in total. The van der Waals surface area contributed by atoms with Crippen LogP contribution in [0.2, 0.25) is 0 Å². The average Bonchev–Trinajstić information content (AvgIpc) is 2.39. The van der Waals surface area contributed by atoms with E-state index in [1.165, 1.54) is 0 Å². The molecule has 0 rings (SSSR count). The van der Waals surface area contributed by atoms with Crippen molar-refractivity contribution in [1.29, 1.82) is 0 Å². The number of ether oxygens (including phenoxy) is 1. The molecule has 0 aromatic rings. The van der Waals surface area contributed by atoms with Crippen molar-refractivity contribution in [2.24, 2.45) is 4.99 Å². The summed E-state index contributed by atoms with van der Waals surface area (Å²) in [5, 5.41) is 9.07. The summed E-state index contributed by atoms with van der Waals surface area (Å²) >= 11 is 0. The summed E-state index contributed by atoms with van der Waals surface area (Å²) in [5.41, 5.74) is 0. The van der Waals surface area contributed by atoms with Crippen LogP contribution in [0.1, 0.15) is 26.2 Å². The van der Waals surface area contributed by atoms with Gasteiger partial charge < -0.3 is 20.7 Å². The highest BCUT2D eigenvalue weighted by atomic mass is 16.5. The molecule has 0 spiro atoms. The first-order valence-corrected chi connectivity index (χ1v) is 6.44. The average molecular weight is 258 g/mol. The van der Waals surface area contributed by atoms with E-state index in [9.17, 15) is 4.79 Å². The van der Waals surface area contributed by atoms with Crippen LogP contribution in [0.5, 0.6) is 0 Å². The molecule has 0 bridgehead atoms. The van der Waals surface area contributed by atoms with Crippen LogP contribution in [0, 0.1) is 0 Å². The van der Waals surface area contributed by atoms with Crippen LogP contribution < -0.4 is 16.0 Å². The van der Waals surface area contributed by atoms with Crippen molar-refractivity contribution < 1.29 is 9.53 Å². The third-order valence-corrected chi connectivity index (χ3v) is 2.26. The SMILES string of the molecule is CCCNC(=O)CCNC(=NC)NCCCOC. The van der Waals surface area contributed by atoms with Crippen LogP contribution >= 0.6 is 0 Å². The number of nitrogens with one attached hydrogen (secondary N) is 3. The van der Waals surface area contributed by atoms with Crippen LogP contribution in [-0.4, -0.2) is 52.3 Å². The first kappa shape index (κ1) is 16.7. The minimum Gasteiger partial charge on any atom is -0.385 e. The Bertz CT molecular complexity index is 244. The summed E-state index contributed by atoms with van der Waals surface area (Å²) < 4.78 is 4.95. The lowest BCUT2D eigenvalue weighted by Gasteiger charge is -2.11. The largest absolute Gasteiger partial charge is 0.385 e. The van der Waals surface area contributed by atoms with Crippen LogP contribution in [0.25, 0.3) is 0 Å². The lowest BCUT2D eigenvalue weighted by Crippen LogP contribution is -2.39. The molecule has 0 aliphatic heterocycles. The number of hydrogen-bond acceptors (Lipinski definition) is 3. The second-order valence-electron chi connectivity index (χ2n) is 3.87. The van der Waals surface area contributed by atoms with Gasteiger partial charge in [-0.2, -0.15) is 0 Å². The Kier molecular flexibility index (Phi) is 11.3. The minimum absolute atomic E-state index is 0.0687. The topological polar surface area (TPSA) is 74.8 Å². The Morgan fingerprint density at radius 2 is 1.89 bits per heavy atom. The Hall–Kier alpha value is -1.30. The standard InChI is InChI=1S/C12H26N4O2/c1-4-7-14-11(17)6-9-16-12(13-2)15-8-5-10-18-3/h4-10H2,1-3H3,(H,14,17)(H2,13,15,16). The molecule has 0 atom stereocenters. The van der Waals surface area contributed by atoms with Gasteiger partial charge in [-0.25, -0.2) is 0 Å². The molecule has 0 fully saturated rings. The molecule has 3 N–H and O–H groups in total. The molecule has 0 saturated carbocycles. The monoisotopic (exact) mass is 258 g/mol. The van der Waals surface area contributed by atoms with E-state index < -0.39 is 0 Å². The normalized spacial score (nSPS) is 11.2. The second kappa shape index (κ2) is 12.2. The third kappa shape index (κ3) is 9.89. The summed E-state index contributed by atoms with van der Waals surface area (Å²) in [4.78, 5) is 15.4. The van der Waals surface area contributed by atoms with Crippen molar-refractivity contribution in [2.45, 2.75) is 26.2 Å². The van der Waals surface area contributed by atoms with Gasteiger partial charge in [0.2, 0.25) is 5.91 Å². The maximum absolute atomic E-state index is 11.3. The number of amides is 1. The first-order chi connectivity index (χ1) is 8.74. The van der Waals surface area contributed by atoms with Gasteiger partial charge in [-0.15, -0.1) is 0 Å². The summed E-state index contributed by atoms with van der Waals surface area (Å²) in [6.07, 6.45) is 2.34. The highest BCUT2D eigenvalue weighted by Gasteiger charge is 2.01. The first-order valence-electron chi connectivity index (χ1n) is 6.44. The molecule has 0 aliphatic rings. The highest BCUT2D eigenvalue weighted by Crippen LogP contribution is 1.81. The van der Waals surface area contributed by atoms with E-state index in [-0.39, 0.29) is 5.91 Å². The maximum atomic E-state index is 11.3. The van der Waals surface area contributed by atoms with Crippen molar-refractivity contribution in [3.8, 4) is 0 Å². The van der Waals surface area contributed by atoms with Gasteiger partial charge in [0, 0.05) is 46.8 Å². The van der Waals surface area contributed by atoms with Gasteiger partial charge in [0.25, 0.3) is 0 Å². The number of methoxy groups -OCH3 is 1. The summed E-state index contributed by atoms with van der Waals surface area (Å²) in [6.45, 7) is 4.88. The van der Waals surface area contributed by atoms with Gasteiger partial charge in [0.05, 0.1) is 0 Å². The lowest BCUT2D eigenvalue weighted by molar-refractivity contribution is -0.120. The minimum atomic E-state index is 0.0687. The number of nitrogens with zero attached hydrogens (tertiary/aromatic N) is 1. The molecule has 0 saturated heterocycles. The van der Waals surface area contributed by atoms with E-state index in [0.717, 1.165) is 38.5 Å². The summed E-state index contributed by atoms with van der Waals surface area (Å²) in [5.74, 6) is 0.786. The summed E-state index contributed by atoms with van der Waals surface area (Å²) in [6, 6.07) is 0. The zero-order valence-corrected chi connectivity index (χ0v) is 11.7. The molecule has 0 aromatic heterocycles. The Labute approximate surface area is 110 Å².